The molecule has 4 aromatic heterocycles. The zero-order valence-electron chi connectivity index (χ0n) is 25.3. The van der Waals surface area contributed by atoms with Crippen molar-refractivity contribution in [2.75, 3.05) is 26.6 Å². The highest BCUT2D eigenvalue weighted by Gasteiger charge is 2.16. The molecule has 0 fully saturated rings. The van der Waals surface area contributed by atoms with Gasteiger partial charge in [0.1, 0.15) is 28.8 Å². The van der Waals surface area contributed by atoms with Gasteiger partial charge in [0, 0.05) is 25.2 Å². The third kappa shape index (κ3) is 6.81. The number of rotatable bonds is 9. The molecule has 0 aliphatic carbocycles. The van der Waals surface area contributed by atoms with E-state index in [1.807, 2.05) is 73.7 Å². The topological polar surface area (TPSA) is 122 Å². The van der Waals surface area contributed by atoms with Gasteiger partial charge in [-0.3, -0.25) is 4.98 Å². The van der Waals surface area contributed by atoms with Gasteiger partial charge in [0.15, 0.2) is 17.3 Å². The van der Waals surface area contributed by atoms with Gasteiger partial charge in [-0.1, -0.05) is 18.2 Å². The standard InChI is InChI=1S/C34H30N8O3/c1-22-37-26(11-10-25-12-15-28-29(39-25)6-5-17-35-28)20-33(38-22)42-32(19-24-9-16-30(44-3)31(18-24)45-4)40-34(41-42)36-21-23-7-13-27(43-2)14-8-23/h5-9,12-18,20H,19,21H2,1-4H3,(H,36,41). The third-order valence-corrected chi connectivity index (χ3v) is 6.91. The molecule has 0 saturated heterocycles. The summed E-state index contributed by atoms with van der Waals surface area (Å²) in [7, 11) is 4.87. The SMILES string of the molecule is COc1ccc(CNc2nc(Cc3ccc(OC)c(OC)c3)n(-c3cc(C#Cc4ccc5ncccc5n4)nc(C)n3)n2)cc1. The van der Waals surface area contributed by atoms with Crippen molar-refractivity contribution in [2.24, 2.45) is 0 Å². The highest BCUT2D eigenvalue weighted by Crippen LogP contribution is 2.29. The van der Waals surface area contributed by atoms with E-state index in [0.29, 0.717) is 59.3 Å². The number of aryl methyl sites for hydroxylation is 1. The molecule has 0 saturated carbocycles. The highest BCUT2D eigenvalue weighted by atomic mass is 16.5. The monoisotopic (exact) mass is 598 g/mol. The molecule has 0 atom stereocenters. The Morgan fingerprint density at radius 1 is 0.733 bits per heavy atom. The first kappa shape index (κ1) is 29.1. The van der Waals surface area contributed by atoms with E-state index < -0.39 is 0 Å². The predicted molar refractivity (Wildman–Crippen MR) is 170 cm³/mol. The fourth-order valence-corrected chi connectivity index (χ4v) is 4.69. The van der Waals surface area contributed by atoms with Crippen molar-refractivity contribution >= 4 is 17.0 Å². The van der Waals surface area contributed by atoms with Crippen molar-refractivity contribution in [3.8, 4) is 34.9 Å². The quantitative estimate of drug-likeness (QED) is 0.229. The zero-order chi connectivity index (χ0) is 31.2. The molecule has 0 spiro atoms. The Bertz CT molecular complexity index is 2030. The Balaban J connectivity index is 1.33. The Kier molecular flexibility index (Phi) is 8.46. The van der Waals surface area contributed by atoms with Crippen LogP contribution in [0.1, 0.15) is 34.2 Å². The van der Waals surface area contributed by atoms with Crippen molar-refractivity contribution in [1.29, 1.82) is 0 Å². The summed E-state index contributed by atoms with van der Waals surface area (Å²) in [6.07, 6.45) is 2.20. The summed E-state index contributed by atoms with van der Waals surface area (Å²) in [6.45, 7) is 2.35. The van der Waals surface area contributed by atoms with E-state index in [0.717, 1.165) is 27.9 Å². The van der Waals surface area contributed by atoms with E-state index in [1.165, 1.54) is 0 Å². The van der Waals surface area contributed by atoms with Crippen LogP contribution in [-0.4, -0.2) is 56.0 Å². The number of hydrogen-bond donors (Lipinski definition) is 1. The molecule has 224 valence electrons. The van der Waals surface area contributed by atoms with E-state index in [4.69, 9.17) is 24.3 Å². The van der Waals surface area contributed by atoms with Crippen LogP contribution in [0.15, 0.2) is 79.0 Å². The number of fused-ring (bicyclic) bond motifs is 1. The van der Waals surface area contributed by atoms with Gasteiger partial charge < -0.3 is 19.5 Å². The van der Waals surface area contributed by atoms with E-state index >= 15 is 0 Å². The minimum atomic E-state index is 0.455. The fourth-order valence-electron chi connectivity index (χ4n) is 4.69. The van der Waals surface area contributed by atoms with Crippen LogP contribution in [-0.2, 0) is 13.0 Å². The molecule has 0 bridgehead atoms. The van der Waals surface area contributed by atoms with Crippen LogP contribution in [0.2, 0.25) is 0 Å². The summed E-state index contributed by atoms with van der Waals surface area (Å²) in [5.74, 6) is 10.5. The van der Waals surface area contributed by atoms with Crippen molar-refractivity contribution < 1.29 is 14.2 Å². The lowest BCUT2D eigenvalue weighted by atomic mass is 10.1. The Hall–Kier alpha value is -6.02. The van der Waals surface area contributed by atoms with Gasteiger partial charge in [0.2, 0.25) is 5.95 Å². The lowest BCUT2D eigenvalue weighted by Crippen LogP contribution is -2.09. The van der Waals surface area contributed by atoms with E-state index in [9.17, 15) is 0 Å². The van der Waals surface area contributed by atoms with Gasteiger partial charge in [0.25, 0.3) is 0 Å². The minimum Gasteiger partial charge on any atom is -0.497 e. The Morgan fingerprint density at radius 3 is 2.33 bits per heavy atom. The molecule has 11 heteroatoms. The van der Waals surface area contributed by atoms with Crippen molar-refractivity contribution in [3.63, 3.8) is 0 Å². The lowest BCUT2D eigenvalue weighted by molar-refractivity contribution is 0.354. The summed E-state index contributed by atoms with van der Waals surface area (Å²) in [4.78, 5) is 23.0. The van der Waals surface area contributed by atoms with E-state index in [1.54, 1.807) is 38.3 Å². The number of nitrogens with one attached hydrogen (secondary N) is 1. The summed E-state index contributed by atoms with van der Waals surface area (Å²) in [5.41, 5.74) is 4.76. The van der Waals surface area contributed by atoms with Crippen LogP contribution < -0.4 is 19.5 Å². The summed E-state index contributed by atoms with van der Waals surface area (Å²) in [6, 6.07) is 22.9. The van der Waals surface area contributed by atoms with Gasteiger partial charge in [-0.05, 0) is 78.4 Å². The largest absolute Gasteiger partial charge is 0.497 e. The average Bonchev–Trinajstić information content (AvgIpc) is 3.48. The molecule has 4 heterocycles. The second-order valence-corrected chi connectivity index (χ2v) is 9.98. The number of ether oxygens (including phenoxy) is 3. The third-order valence-electron chi connectivity index (χ3n) is 6.91. The van der Waals surface area contributed by atoms with Crippen molar-refractivity contribution in [2.45, 2.75) is 19.9 Å². The van der Waals surface area contributed by atoms with Crippen LogP contribution in [0.4, 0.5) is 5.95 Å². The molecule has 2 aromatic carbocycles. The van der Waals surface area contributed by atoms with Gasteiger partial charge in [0.05, 0.1) is 32.4 Å². The Labute approximate surface area is 260 Å². The number of methoxy groups -OCH3 is 3. The Morgan fingerprint density at radius 2 is 1.53 bits per heavy atom. The average molecular weight is 599 g/mol. The molecular formula is C34H30N8O3. The molecule has 0 unspecified atom stereocenters. The second-order valence-electron chi connectivity index (χ2n) is 9.98. The highest BCUT2D eigenvalue weighted by molar-refractivity contribution is 5.74. The molecular weight excluding hydrogens is 568 g/mol. The number of hydrogen-bond acceptors (Lipinski definition) is 10. The van der Waals surface area contributed by atoms with Crippen LogP contribution in [0.25, 0.3) is 16.9 Å². The number of anilines is 1. The van der Waals surface area contributed by atoms with Crippen LogP contribution in [0.3, 0.4) is 0 Å². The maximum Gasteiger partial charge on any atom is 0.243 e. The molecule has 45 heavy (non-hydrogen) atoms. The predicted octanol–water partition coefficient (Wildman–Crippen LogP) is 4.94. The summed E-state index contributed by atoms with van der Waals surface area (Å²) >= 11 is 0. The summed E-state index contributed by atoms with van der Waals surface area (Å²) in [5, 5.41) is 8.13. The van der Waals surface area contributed by atoms with Crippen LogP contribution in [0, 0.1) is 18.8 Å². The first-order chi connectivity index (χ1) is 22.0. The first-order valence-electron chi connectivity index (χ1n) is 14.1. The van der Waals surface area contributed by atoms with Gasteiger partial charge >= 0.3 is 0 Å². The normalized spacial score (nSPS) is 10.7. The van der Waals surface area contributed by atoms with Crippen LogP contribution in [0.5, 0.6) is 17.2 Å². The van der Waals surface area contributed by atoms with Gasteiger partial charge in [-0.15, -0.1) is 5.10 Å². The number of benzene rings is 2. The fraction of sp³-hybridized carbons (Fsp3) is 0.176. The van der Waals surface area contributed by atoms with E-state index in [-0.39, 0.29) is 0 Å². The molecule has 0 aliphatic rings. The molecule has 1 N–H and O–H groups in total. The second kappa shape index (κ2) is 13.1. The number of nitrogens with zero attached hydrogens (tertiary/aromatic N) is 7. The molecule has 0 radical (unpaired) electrons. The van der Waals surface area contributed by atoms with Gasteiger partial charge in [-0.2, -0.15) is 9.67 Å². The van der Waals surface area contributed by atoms with Crippen molar-refractivity contribution in [3.05, 3.63) is 113 Å². The smallest absolute Gasteiger partial charge is 0.243 e. The molecule has 6 rings (SSSR count). The summed E-state index contributed by atoms with van der Waals surface area (Å²) < 4.78 is 17.9. The van der Waals surface area contributed by atoms with Crippen LogP contribution >= 0.6 is 0 Å². The van der Waals surface area contributed by atoms with E-state index in [2.05, 4.69) is 37.1 Å². The maximum absolute atomic E-state index is 5.52. The van der Waals surface area contributed by atoms with Gasteiger partial charge in [-0.25, -0.2) is 15.0 Å². The molecule has 6 aromatic rings. The molecule has 0 aliphatic heterocycles. The van der Waals surface area contributed by atoms with Crippen molar-refractivity contribution in [1.82, 2.24) is 34.7 Å². The number of pyridine rings is 2. The minimum absolute atomic E-state index is 0.455. The molecule has 11 nitrogen and oxygen atoms in total. The zero-order valence-corrected chi connectivity index (χ0v) is 25.3. The lowest BCUT2D eigenvalue weighted by Gasteiger charge is -2.10. The maximum atomic E-state index is 5.52. The number of aromatic nitrogens is 7. The first-order valence-corrected chi connectivity index (χ1v) is 14.1. The molecule has 0 amide bonds.